The van der Waals surface area contributed by atoms with Gasteiger partial charge in [-0.3, -0.25) is 10.1 Å². The Morgan fingerprint density at radius 1 is 1.27 bits per heavy atom. The van der Waals surface area contributed by atoms with Crippen LogP contribution in [0, 0.1) is 11.8 Å². The third-order valence-corrected chi connectivity index (χ3v) is 1.80. The summed E-state index contributed by atoms with van der Waals surface area (Å²) < 4.78 is 0. The van der Waals surface area contributed by atoms with Gasteiger partial charge in [0, 0.05) is 18.0 Å². The molecule has 0 aliphatic heterocycles. The highest BCUT2D eigenvalue weighted by Gasteiger charge is 1.97. The zero-order valence-corrected chi connectivity index (χ0v) is 7.94. The Kier molecular flexibility index (Phi) is 2.56. The largest absolute Gasteiger partial charge is 0.265 e. The van der Waals surface area contributed by atoms with Gasteiger partial charge in [0.1, 0.15) is 0 Å². The standard InChI is InChI=1S/C11H8N4/c1-12-11-10(8-14-15-11)3-2-9-4-6-13-7-5-9/h4-8H,1H2,(H,14,15). The molecule has 0 radical (unpaired) electrons. The van der Waals surface area contributed by atoms with Gasteiger partial charge in [0.25, 0.3) is 0 Å². The van der Waals surface area contributed by atoms with Crippen molar-refractivity contribution in [1.82, 2.24) is 15.2 Å². The van der Waals surface area contributed by atoms with E-state index >= 15 is 0 Å². The molecule has 72 valence electrons. The van der Waals surface area contributed by atoms with Crippen molar-refractivity contribution >= 4 is 12.5 Å². The molecule has 0 aliphatic rings. The first-order valence-corrected chi connectivity index (χ1v) is 4.32. The van der Waals surface area contributed by atoms with Crippen LogP contribution in [0.15, 0.2) is 35.7 Å². The van der Waals surface area contributed by atoms with Crippen molar-refractivity contribution in [2.75, 3.05) is 0 Å². The fraction of sp³-hybridized carbons (Fsp3) is 0. The first kappa shape index (κ1) is 9.16. The molecule has 1 N–H and O–H groups in total. The number of aromatic nitrogens is 3. The van der Waals surface area contributed by atoms with Crippen LogP contribution in [0.5, 0.6) is 0 Å². The fourth-order valence-electron chi connectivity index (χ4n) is 1.07. The Labute approximate surface area is 87.1 Å². The highest BCUT2D eigenvalue weighted by atomic mass is 15.2. The van der Waals surface area contributed by atoms with Crippen LogP contribution in [-0.4, -0.2) is 21.9 Å². The predicted molar refractivity (Wildman–Crippen MR) is 58.0 cm³/mol. The maximum absolute atomic E-state index is 3.91. The maximum atomic E-state index is 3.91. The normalized spacial score (nSPS) is 9.07. The summed E-state index contributed by atoms with van der Waals surface area (Å²) in [5.41, 5.74) is 1.64. The van der Waals surface area contributed by atoms with Crippen molar-refractivity contribution in [2.45, 2.75) is 0 Å². The second-order valence-electron chi connectivity index (χ2n) is 2.78. The molecule has 0 aromatic carbocycles. The number of H-pyrrole nitrogens is 1. The Morgan fingerprint density at radius 2 is 2.07 bits per heavy atom. The number of nitrogens with one attached hydrogen (secondary N) is 1. The monoisotopic (exact) mass is 196 g/mol. The summed E-state index contributed by atoms with van der Waals surface area (Å²) in [6.45, 7) is 3.42. The van der Waals surface area contributed by atoms with E-state index in [4.69, 9.17) is 0 Å². The number of pyridine rings is 1. The number of rotatable bonds is 1. The second kappa shape index (κ2) is 4.20. The first-order valence-electron chi connectivity index (χ1n) is 4.32. The molecule has 0 atom stereocenters. The van der Waals surface area contributed by atoms with Gasteiger partial charge in [-0.1, -0.05) is 11.8 Å². The lowest BCUT2D eigenvalue weighted by molar-refractivity contribution is 1.08. The molecule has 4 heteroatoms. The van der Waals surface area contributed by atoms with Gasteiger partial charge in [0.05, 0.1) is 11.8 Å². The van der Waals surface area contributed by atoms with E-state index in [0.717, 1.165) is 11.1 Å². The van der Waals surface area contributed by atoms with Crippen LogP contribution < -0.4 is 0 Å². The van der Waals surface area contributed by atoms with Crippen LogP contribution in [0.4, 0.5) is 5.82 Å². The van der Waals surface area contributed by atoms with E-state index in [2.05, 4.69) is 38.7 Å². The number of nitrogens with zero attached hydrogens (tertiary/aromatic N) is 3. The third-order valence-electron chi connectivity index (χ3n) is 1.80. The average molecular weight is 196 g/mol. The smallest absolute Gasteiger partial charge is 0.163 e. The van der Waals surface area contributed by atoms with Crippen LogP contribution >= 0.6 is 0 Å². The zero-order valence-electron chi connectivity index (χ0n) is 7.94. The molecule has 2 rings (SSSR count). The molecule has 0 saturated carbocycles. The molecule has 4 nitrogen and oxygen atoms in total. The summed E-state index contributed by atoms with van der Waals surface area (Å²) in [7, 11) is 0. The molecular weight excluding hydrogens is 188 g/mol. The minimum atomic E-state index is 0.594. The van der Waals surface area contributed by atoms with Crippen LogP contribution in [0.25, 0.3) is 0 Å². The van der Waals surface area contributed by atoms with Crippen LogP contribution in [0.1, 0.15) is 11.1 Å². The molecule has 0 amide bonds. The van der Waals surface area contributed by atoms with Crippen molar-refractivity contribution in [3.63, 3.8) is 0 Å². The number of hydrogen-bond acceptors (Lipinski definition) is 3. The Balaban J connectivity index is 2.30. The van der Waals surface area contributed by atoms with E-state index in [1.807, 2.05) is 12.1 Å². The van der Waals surface area contributed by atoms with E-state index in [-0.39, 0.29) is 0 Å². The summed E-state index contributed by atoms with van der Waals surface area (Å²) in [6.07, 6.45) is 5.02. The molecule has 0 aliphatic carbocycles. The van der Waals surface area contributed by atoms with Gasteiger partial charge in [-0.15, -0.1) is 0 Å². The molecule has 2 heterocycles. The van der Waals surface area contributed by atoms with Gasteiger partial charge in [0.15, 0.2) is 5.82 Å². The summed E-state index contributed by atoms with van der Waals surface area (Å²) in [4.78, 5) is 7.67. The molecule has 15 heavy (non-hydrogen) atoms. The van der Waals surface area contributed by atoms with E-state index in [9.17, 15) is 0 Å². The molecule has 0 unspecified atom stereocenters. The number of hydrogen-bond donors (Lipinski definition) is 1. The zero-order chi connectivity index (χ0) is 10.5. The molecule has 0 bridgehead atoms. The van der Waals surface area contributed by atoms with Gasteiger partial charge >= 0.3 is 0 Å². The van der Waals surface area contributed by atoms with Crippen molar-refractivity contribution < 1.29 is 0 Å². The summed E-state index contributed by atoms with van der Waals surface area (Å²) >= 11 is 0. The minimum absolute atomic E-state index is 0.594. The summed E-state index contributed by atoms with van der Waals surface area (Å²) in [6, 6.07) is 3.68. The quantitative estimate of drug-likeness (QED) is 0.555. The fourth-order valence-corrected chi connectivity index (χ4v) is 1.07. The molecule has 0 spiro atoms. The van der Waals surface area contributed by atoms with Crippen molar-refractivity contribution in [1.29, 1.82) is 0 Å². The third kappa shape index (κ3) is 2.09. The van der Waals surface area contributed by atoms with Crippen molar-refractivity contribution in [3.8, 4) is 11.8 Å². The molecule has 2 aromatic rings. The molecule has 0 saturated heterocycles. The van der Waals surface area contributed by atoms with E-state index in [0.29, 0.717) is 5.82 Å². The average Bonchev–Trinajstić information content (AvgIpc) is 2.75. The highest BCUT2D eigenvalue weighted by molar-refractivity contribution is 5.54. The summed E-state index contributed by atoms with van der Waals surface area (Å²) in [5, 5.41) is 6.53. The topological polar surface area (TPSA) is 53.9 Å². The van der Waals surface area contributed by atoms with Crippen LogP contribution in [0.3, 0.4) is 0 Å². The molecule has 2 aromatic heterocycles. The molecule has 0 fully saturated rings. The van der Waals surface area contributed by atoms with Gasteiger partial charge in [-0.2, -0.15) is 5.10 Å². The van der Waals surface area contributed by atoms with E-state index in [1.54, 1.807) is 18.6 Å². The van der Waals surface area contributed by atoms with Gasteiger partial charge in [0.2, 0.25) is 0 Å². The second-order valence-corrected chi connectivity index (χ2v) is 2.78. The predicted octanol–water partition coefficient (Wildman–Crippen LogP) is 1.54. The number of aliphatic imine (C=N–C) groups is 1. The molecular formula is C11H8N4. The van der Waals surface area contributed by atoms with Gasteiger partial charge < -0.3 is 0 Å². The Hall–Kier alpha value is -2.41. The first-order chi connectivity index (χ1) is 7.40. The maximum Gasteiger partial charge on any atom is 0.163 e. The van der Waals surface area contributed by atoms with Crippen LogP contribution in [0.2, 0.25) is 0 Å². The van der Waals surface area contributed by atoms with Gasteiger partial charge in [-0.05, 0) is 18.9 Å². The van der Waals surface area contributed by atoms with Crippen LogP contribution in [-0.2, 0) is 0 Å². The Bertz CT molecular complexity index is 516. The van der Waals surface area contributed by atoms with Crippen molar-refractivity contribution in [2.24, 2.45) is 4.99 Å². The number of aromatic amines is 1. The minimum Gasteiger partial charge on any atom is -0.265 e. The lowest BCUT2D eigenvalue weighted by atomic mass is 10.2. The summed E-state index contributed by atoms with van der Waals surface area (Å²) in [5.74, 6) is 6.53. The lowest BCUT2D eigenvalue weighted by Gasteiger charge is -1.86. The van der Waals surface area contributed by atoms with E-state index in [1.165, 1.54) is 0 Å². The van der Waals surface area contributed by atoms with E-state index < -0.39 is 0 Å². The Morgan fingerprint density at radius 3 is 2.80 bits per heavy atom. The SMILES string of the molecule is C=Nc1[nH]ncc1C#Cc1ccncc1. The van der Waals surface area contributed by atoms with Gasteiger partial charge in [-0.25, -0.2) is 4.99 Å². The van der Waals surface area contributed by atoms with Crippen molar-refractivity contribution in [3.05, 3.63) is 41.9 Å². The highest BCUT2D eigenvalue weighted by Crippen LogP contribution is 2.11. The lowest BCUT2D eigenvalue weighted by Crippen LogP contribution is -1.75.